The van der Waals surface area contributed by atoms with Gasteiger partial charge in [-0.15, -0.1) is 0 Å². The fraction of sp³-hybridized carbons (Fsp3) is 0.500. The lowest BCUT2D eigenvalue weighted by atomic mass is 9.67. The molecule has 2 atom stereocenters. The molecule has 2 aromatic rings. The number of halogens is 3. The second kappa shape index (κ2) is 10.8. The van der Waals surface area contributed by atoms with Crippen molar-refractivity contribution in [2.24, 2.45) is 5.92 Å². The van der Waals surface area contributed by atoms with Gasteiger partial charge in [0.1, 0.15) is 0 Å². The Bertz CT molecular complexity index is 855. The zero-order valence-electron chi connectivity index (χ0n) is 18.9. The molecular weight excluding hydrogens is 397 g/mol. The maximum Gasteiger partial charge on any atom is 0.416 e. The van der Waals surface area contributed by atoms with E-state index in [1.165, 1.54) is 17.7 Å². The van der Waals surface area contributed by atoms with E-state index in [-0.39, 0.29) is 17.5 Å². The lowest BCUT2D eigenvalue weighted by Crippen LogP contribution is -2.38. The smallest absolute Gasteiger partial charge is 0.303 e. The number of nitrogens with zero attached hydrogens (tertiary/aromatic N) is 2. The molecule has 31 heavy (non-hydrogen) atoms. The Balaban J connectivity index is 2.22. The normalized spacial score (nSPS) is 15.0. The van der Waals surface area contributed by atoms with Gasteiger partial charge in [-0.2, -0.15) is 18.4 Å². The van der Waals surface area contributed by atoms with E-state index in [2.05, 4.69) is 37.1 Å². The summed E-state index contributed by atoms with van der Waals surface area (Å²) in [5.41, 5.74) is -0.519. The number of likely N-dealkylation sites (N-methyl/N-ethyl adjacent to an activating group) is 1. The molecule has 2 rings (SSSR count). The van der Waals surface area contributed by atoms with Crippen molar-refractivity contribution in [3.05, 3.63) is 71.3 Å². The SMILES string of the molecule is CCC(CCC(C#N)(c1ccccc1C(F)(F)F)C(C)C)N(C)CCc1ccccc1. The number of nitriles is 1. The average molecular weight is 431 g/mol. The van der Waals surface area contributed by atoms with Gasteiger partial charge in [-0.1, -0.05) is 69.3 Å². The minimum Gasteiger partial charge on any atom is -0.303 e. The monoisotopic (exact) mass is 430 g/mol. The first-order chi connectivity index (χ1) is 14.7. The van der Waals surface area contributed by atoms with Crippen LogP contribution in [0.1, 0.15) is 56.7 Å². The molecule has 0 amide bonds. The van der Waals surface area contributed by atoms with Crippen LogP contribution in [0, 0.1) is 17.2 Å². The summed E-state index contributed by atoms with van der Waals surface area (Å²) in [5.74, 6) is -0.242. The van der Waals surface area contributed by atoms with Crippen LogP contribution in [0.2, 0.25) is 0 Å². The Hall–Kier alpha value is -2.32. The van der Waals surface area contributed by atoms with Crippen molar-refractivity contribution in [3.63, 3.8) is 0 Å². The summed E-state index contributed by atoms with van der Waals surface area (Å²) in [6, 6.07) is 18.3. The highest BCUT2D eigenvalue weighted by Gasteiger charge is 2.44. The minimum absolute atomic E-state index is 0.0989. The molecular formula is C26H33F3N2. The molecule has 2 unspecified atom stereocenters. The van der Waals surface area contributed by atoms with E-state index in [4.69, 9.17) is 0 Å². The van der Waals surface area contributed by atoms with Gasteiger partial charge in [0.15, 0.2) is 0 Å². The van der Waals surface area contributed by atoms with E-state index in [1.807, 2.05) is 32.0 Å². The Morgan fingerprint density at radius 2 is 1.55 bits per heavy atom. The van der Waals surface area contributed by atoms with Crippen LogP contribution in [0.4, 0.5) is 13.2 Å². The van der Waals surface area contributed by atoms with Crippen molar-refractivity contribution in [3.8, 4) is 6.07 Å². The van der Waals surface area contributed by atoms with Gasteiger partial charge in [0.25, 0.3) is 0 Å². The minimum atomic E-state index is -4.48. The van der Waals surface area contributed by atoms with Gasteiger partial charge in [0.05, 0.1) is 17.0 Å². The summed E-state index contributed by atoms with van der Waals surface area (Å²) < 4.78 is 41.1. The van der Waals surface area contributed by atoms with Crippen LogP contribution >= 0.6 is 0 Å². The van der Waals surface area contributed by atoms with Gasteiger partial charge in [-0.3, -0.25) is 0 Å². The molecule has 0 aromatic heterocycles. The van der Waals surface area contributed by atoms with Gasteiger partial charge in [0, 0.05) is 12.6 Å². The van der Waals surface area contributed by atoms with Gasteiger partial charge < -0.3 is 4.90 Å². The summed E-state index contributed by atoms with van der Waals surface area (Å²) in [6.07, 6.45) is -1.63. The highest BCUT2D eigenvalue weighted by Crippen LogP contribution is 2.44. The second-order valence-corrected chi connectivity index (χ2v) is 8.60. The molecule has 0 bridgehead atoms. The van der Waals surface area contributed by atoms with E-state index in [9.17, 15) is 18.4 Å². The Morgan fingerprint density at radius 3 is 2.06 bits per heavy atom. The standard InChI is InChI=1S/C26H33F3N2/c1-5-22(31(4)18-16-21-11-7-6-8-12-21)15-17-25(19-30,20(2)3)23-13-9-10-14-24(23)26(27,28)29/h6-14,20,22H,5,15-18H2,1-4H3. The molecule has 2 aromatic carbocycles. The van der Waals surface area contributed by atoms with Gasteiger partial charge in [-0.05, 0) is 55.8 Å². The molecule has 2 nitrogen and oxygen atoms in total. The van der Waals surface area contributed by atoms with Gasteiger partial charge >= 0.3 is 6.18 Å². The van der Waals surface area contributed by atoms with Crippen LogP contribution in [0.5, 0.6) is 0 Å². The average Bonchev–Trinajstić information content (AvgIpc) is 2.75. The molecule has 0 N–H and O–H groups in total. The van der Waals surface area contributed by atoms with Gasteiger partial charge in [0.2, 0.25) is 0 Å². The van der Waals surface area contributed by atoms with E-state index in [0.29, 0.717) is 12.8 Å². The van der Waals surface area contributed by atoms with E-state index < -0.39 is 17.2 Å². The number of hydrogen-bond donors (Lipinski definition) is 0. The number of alkyl halides is 3. The van der Waals surface area contributed by atoms with Crippen LogP contribution in [-0.2, 0) is 18.0 Å². The summed E-state index contributed by atoms with van der Waals surface area (Å²) >= 11 is 0. The third-order valence-corrected chi connectivity index (χ3v) is 6.46. The van der Waals surface area contributed by atoms with E-state index in [0.717, 1.165) is 25.5 Å². The van der Waals surface area contributed by atoms with Crippen molar-refractivity contribution >= 4 is 0 Å². The van der Waals surface area contributed by atoms with Crippen LogP contribution in [0.15, 0.2) is 54.6 Å². The lowest BCUT2D eigenvalue weighted by molar-refractivity contribution is -0.138. The zero-order valence-corrected chi connectivity index (χ0v) is 18.9. The molecule has 0 aliphatic heterocycles. The summed E-state index contributed by atoms with van der Waals surface area (Å²) in [4.78, 5) is 2.27. The van der Waals surface area contributed by atoms with Crippen molar-refractivity contribution in [1.29, 1.82) is 5.26 Å². The van der Waals surface area contributed by atoms with Crippen molar-refractivity contribution in [2.45, 2.75) is 64.1 Å². The van der Waals surface area contributed by atoms with E-state index in [1.54, 1.807) is 6.07 Å². The molecule has 5 heteroatoms. The molecule has 0 aliphatic carbocycles. The first-order valence-corrected chi connectivity index (χ1v) is 11.0. The molecule has 0 radical (unpaired) electrons. The second-order valence-electron chi connectivity index (χ2n) is 8.60. The van der Waals surface area contributed by atoms with E-state index >= 15 is 0 Å². The van der Waals surface area contributed by atoms with Crippen LogP contribution in [0.25, 0.3) is 0 Å². The maximum atomic E-state index is 13.7. The highest BCUT2D eigenvalue weighted by molar-refractivity contribution is 5.41. The Morgan fingerprint density at radius 1 is 0.968 bits per heavy atom. The first kappa shape index (κ1) is 24.9. The van der Waals surface area contributed by atoms with Crippen molar-refractivity contribution < 1.29 is 13.2 Å². The van der Waals surface area contributed by atoms with Crippen molar-refractivity contribution in [2.75, 3.05) is 13.6 Å². The van der Waals surface area contributed by atoms with Gasteiger partial charge in [-0.25, -0.2) is 0 Å². The fourth-order valence-corrected chi connectivity index (χ4v) is 4.36. The lowest BCUT2D eigenvalue weighted by Gasteiger charge is -2.36. The first-order valence-electron chi connectivity index (χ1n) is 11.0. The predicted octanol–water partition coefficient (Wildman–Crippen LogP) is 6.86. The highest BCUT2D eigenvalue weighted by atomic mass is 19.4. The molecule has 0 saturated carbocycles. The largest absolute Gasteiger partial charge is 0.416 e. The number of benzene rings is 2. The number of hydrogen-bond acceptors (Lipinski definition) is 2. The predicted molar refractivity (Wildman–Crippen MR) is 120 cm³/mol. The Labute approximate surface area is 184 Å². The fourth-order valence-electron chi connectivity index (χ4n) is 4.36. The summed E-state index contributed by atoms with van der Waals surface area (Å²) in [6.45, 7) is 6.65. The third kappa shape index (κ3) is 6.11. The molecule has 0 fully saturated rings. The quantitative estimate of drug-likeness (QED) is 0.412. The molecule has 0 heterocycles. The molecule has 168 valence electrons. The molecule has 0 aliphatic rings. The molecule has 0 saturated heterocycles. The third-order valence-electron chi connectivity index (χ3n) is 6.46. The van der Waals surface area contributed by atoms with Crippen molar-refractivity contribution in [1.82, 2.24) is 4.90 Å². The molecule has 0 spiro atoms. The topological polar surface area (TPSA) is 27.0 Å². The van der Waals surface area contributed by atoms with Crippen LogP contribution < -0.4 is 0 Å². The zero-order chi connectivity index (χ0) is 23.1. The maximum absolute atomic E-state index is 13.7. The Kier molecular flexibility index (Phi) is 8.70. The van der Waals surface area contributed by atoms with Crippen LogP contribution in [-0.4, -0.2) is 24.5 Å². The summed E-state index contributed by atoms with van der Waals surface area (Å²) in [5, 5.41) is 10.1. The summed E-state index contributed by atoms with van der Waals surface area (Å²) in [7, 11) is 2.06. The number of rotatable bonds is 10. The van der Waals surface area contributed by atoms with Crippen LogP contribution in [0.3, 0.4) is 0 Å².